The average molecular weight is 234 g/mol. The summed E-state index contributed by atoms with van der Waals surface area (Å²) in [6.45, 7) is 13.5. The molecule has 1 aliphatic heterocycles. The summed E-state index contributed by atoms with van der Waals surface area (Å²) >= 11 is 0. The molecule has 0 aromatic carbocycles. The minimum Gasteiger partial charge on any atom is -0.334 e. The van der Waals surface area contributed by atoms with Crippen LogP contribution in [0.3, 0.4) is 0 Å². The molecule has 0 spiro atoms. The molecule has 0 amide bonds. The van der Waals surface area contributed by atoms with Crippen LogP contribution in [-0.2, 0) is 13.1 Å². The predicted molar refractivity (Wildman–Crippen MR) is 69.8 cm³/mol. The number of rotatable bonds is 5. The molecule has 0 radical (unpaired) electrons. The number of aromatic nitrogens is 2. The first-order chi connectivity index (χ1) is 8.33. The Labute approximate surface area is 104 Å². The van der Waals surface area contributed by atoms with E-state index in [2.05, 4.69) is 39.1 Å². The van der Waals surface area contributed by atoms with Crippen molar-refractivity contribution < 1.29 is 0 Å². The Balaban J connectivity index is 1.83. The van der Waals surface area contributed by atoms with Gasteiger partial charge >= 0.3 is 0 Å². The molecule has 0 bridgehead atoms. The summed E-state index contributed by atoms with van der Waals surface area (Å²) in [5, 5.41) is 0. The zero-order valence-electron chi connectivity index (χ0n) is 10.7. The summed E-state index contributed by atoms with van der Waals surface area (Å²) < 4.78 is 2.22. The van der Waals surface area contributed by atoms with Crippen LogP contribution >= 0.6 is 0 Å². The molecule has 2 rings (SSSR count). The third kappa shape index (κ3) is 3.17. The summed E-state index contributed by atoms with van der Waals surface area (Å²) in [7, 11) is 0. The number of nitrogens with zero attached hydrogens (tertiary/aromatic N) is 4. The molecule has 1 aliphatic rings. The second kappa shape index (κ2) is 5.98. The first-order valence-corrected chi connectivity index (χ1v) is 6.39. The highest BCUT2D eigenvalue weighted by atomic mass is 15.3. The van der Waals surface area contributed by atoms with E-state index in [-0.39, 0.29) is 0 Å². The Bertz CT molecular complexity index is 350. The molecule has 0 saturated carbocycles. The zero-order valence-corrected chi connectivity index (χ0v) is 10.7. The van der Waals surface area contributed by atoms with Gasteiger partial charge in [-0.05, 0) is 6.92 Å². The monoisotopic (exact) mass is 234 g/mol. The van der Waals surface area contributed by atoms with Crippen molar-refractivity contribution in [2.75, 3.05) is 32.7 Å². The van der Waals surface area contributed by atoms with Crippen LogP contribution in [0.25, 0.3) is 0 Å². The zero-order chi connectivity index (χ0) is 12.1. The van der Waals surface area contributed by atoms with Gasteiger partial charge in [0.15, 0.2) is 0 Å². The molecule has 4 nitrogen and oxygen atoms in total. The molecule has 0 N–H and O–H groups in total. The van der Waals surface area contributed by atoms with Crippen molar-refractivity contribution in [1.82, 2.24) is 19.4 Å². The Morgan fingerprint density at radius 3 is 2.65 bits per heavy atom. The van der Waals surface area contributed by atoms with Gasteiger partial charge in [-0.2, -0.15) is 0 Å². The lowest BCUT2D eigenvalue weighted by Crippen LogP contribution is -2.46. The van der Waals surface area contributed by atoms with Crippen LogP contribution in [0.15, 0.2) is 25.0 Å². The van der Waals surface area contributed by atoms with Crippen LogP contribution in [-0.4, -0.2) is 52.1 Å². The van der Waals surface area contributed by atoms with Crippen molar-refractivity contribution in [3.05, 3.63) is 30.9 Å². The molecule has 0 aliphatic carbocycles. The molecule has 17 heavy (non-hydrogen) atoms. The lowest BCUT2D eigenvalue weighted by molar-refractivity contribution is 0.133. The van der Waals surface area contributed by atoms with Gasteiger partial charge in [-0.25, -0.2) is 4.98 Å². The highest BCUT2D eigenvalue weighted by Crippen LogP contribution is 2.07. The van der Waals surface area contributed by atoms with Gasteiger partial charge in [0, 0.05) is 51.7 Å². The molecule has 1 aromatic heterocycles. The lowest BCUT2D eigenvalue weighted by Gasteiger charge is -2.33. The Morgan fingerprint density at radius 2 is 2.00 bits per heavy atom. The molecule has 0 atom stereocenters. The van der Waals surface area contributed by atoms with Gasteiger partial charge in [0.1, 0.15) is 5.82 Å². The van der Waals surface area contributed by atoms with Gasteiger partial charge in [-0.15, -0.1) is 6.58 Å². The van der Waals surface area contributed by atoms with E-state index in [1.165, 1.54) is 5.82 Å². The number of hydrogen-bond acceptors (Lipinski definition) is 3. The Morgan fingerprint density at radius 1 is 1.29 bits per heavy atom. The van der Waals surface area contributed by atoms with Gasteiger partial charge in [0.2, 0.25) is 0 Å². The molecule has 2 heterocycles. The van der Waals surface area contributed by atoms with E-state index in [9.17, 15) is 0 Å². The molecule has 1 fully saturated rings. The van der Waals surface area contributed by atoms with Crippen molar-refractivity contribution in [3.63, 3.8) is 0 Å². The van der Waals surface area contributed by atoms with E-state index in [1.54, 1.807) is 0 Å². The second-order valence-electron chi connectivity index (χ2n) is 4.49. The van der Waals surface area contributed by atoms with Gasteiger partial charge in [0.05, 0.1) is 6.54 Å². The minimum atomic E-state index is 0.975. The first kappa shape index (κ1) is 12.3. The van der Waals surface area contributed by atoms with Crippen molar-refractivity contribution in [1.29, 1.82) is 0 Å². The predicted octanol–water partition coefficient (Wildman–Crippen LogP) is 1.21. The van der Waals surface area contributed by atoms with E-state index < -0.39 is 0 Å². The van der Waals surface area contributed by atoms with Crippen molar-refractivity contribution in [3.8, 4) is 0 Å². The minimum absolute atomic E-state index is 0.975. The number of imidazole rings is 1. The third-order valence-corrected chi connectivity index (χ3v) is 3.36. The van der Waals surface area contributed by atoms with Crippen molar-refractivity contribution >= 4 is 0 Å². The van der Waals surface area contributed by atoms with Gasteiger partial charge in [-0.3, -0.25) is 9.80 Å². The SMILES string of the molecule is C=CCN1CCN(Cc2nccn2CC)CC1. The van der Waals surface area contributed by atoms with E-state index in [0.717, 1.165) is 45.8 Å². The molecular formula is C13H22N4. The topological polar surface area (TPSA) is 24.3 Å². The summed E-state index contributed by atoms with van der Waals surface area (Å²) in [4.78, 5) is 9.35. The number of hydrogen-bond donors (Lipinski definition) is 0. The molecule has 0 unspecified atom stereocenters. The summed E-state index contributed by atoms with van der Waals surface area (Å²) in [5.74, 6) is 1.18. The Hall–Kier alpha value is -1.13. The van der Waals surface area contributed by atoms with Crippen LogP contribution in [0.1, 0.15) is 12.7 Å². The van der Waals surface area contributed by atoms with E-state index >= 15 is 0 Å². The quantitative estimate of drug-likeness (QED) is 0.716. The van der Waals surface area contributed by atoms with Crippen LogP contribution in [0.2, 0.25) is 0 Å². The highest BCUT2D eigenvalue weighted by Gasteiger charge is 2.17. The number of aryl methyl sites for hydroxylation is 1. The van der Waals surface area contributed by atoms with E-state index in [4.69, 9.17) is 0 Å². The fourth-order valence-electron chi connectivity index (χ4n) is 2.29. The van der Waals surface area contributed by atoms with Crippen LogP contribution in [0, 0.1) is 0 Å². The normalized spacial score (nSPS) is 18.4. The second-order valence-corrected chi connectivity index (χ2v) is 4.49. The summed E-state index contributed by atoms with van der Waals surface area (Å²) in [5.41, 5.74) is 0. The largest absolute Gasteiger partial charge is 0.334 e. The van der Waals surface area contributed by atoms with Gasteiger partial charge < -0.3 is 4.57 Å². The third-order valence-electron chi connectivity index (χ3n) is 3.36. The van der Waals surface area contributed by atoms with Crippen LogP contribution in [0.5, 0.6) is 0 Å². The molecule has 1 aromatic rings. The van der Waals surface area contributed by atoms with E-state index in [1.807, 2.05) is 12.3 Å². The maximum Gasteiger partial charge on any atom is 0.122 e. The summed E-state index contributed by atoms with van der Waals surface area (Å²) in [6.07, 6.45) is 5.94. The number of piperazine rings is 1. The smallest absolute Gasteiger partial charge is 0.122 e. The van der Waals surface area contributed by atoms with E-state index in [0.29, 0.717) is 0 Å². The highest BCUT2D eigenvalue weighted by molar-refractivity contribution is 4.93. The van der Waals surface area contributed by atoms with Crippen LogP contribution < -0.4 is 0 Å². The average Bonchev–Trinajstić information content (AvgIpc) is 2.79. The fourth-order valence-corrected chi connectivity index (χ4v) is 2.29. The van der Waals surface area contributed by atoms with Crippen molar-refractivity contribution in [2.45, 2.75) is 20.0 Å². The lowest BCUT2D eigenvalue weighted by atomic mass is 10.3. The van der Waals surface area contributed by atoms with Gasteiger partial charge in [-0.1, -0.05) is 6.08 Å². The first-order valence-electron chi connectivity index (χ1n) is 6.39. The maximum absolute atomic E-state index is 4.43. The standard InChI is InChI=1S/C13H22N4/c1-3-6-15-8-10-16(11-9-15)12-13-14-5-7-17(13)4-2/h3,5,7H,1,4,6,8-12H2,2H3. The summed E-state index contributed by atoms with van der Waals surface area (Å²) in [6, 6.07) is 0. The maximum atomic E-state index is 4.43. The van der Waals surface area contributed by atoms with Crippen molar-refractivity contribution in [2.24, 2.45) is 0 Å². The van der Waals surface area contributed by atoms with Crippen LogP contribution in [0.4, 0.5) is 0 Å². The molecular weight excluding hydrogens is 212 g/mol. The fraction of sp³-hybridized carbons (Fsp3) is 0.615. The Kier molecular flexibility index (Phi) is 4.34. The molecule has 4 heteroatoms. The molecule has 94 valence electrons. The van der Waals surface area contributed by atoms with Gasteiger partial charge in [0.25, 0.3) is 0 Å². The molecule has 1 saturated heterocycles.